The van der Waals surface area contributed by atoms with Crippen molar-refractivity contribution in [3.8, 4) is 0 Å². The topological polar surface area (TPSA) is 23.5 Å². The lowest BCUT2D eigenvalue weighted by Gasteiger charge is -2.22. The maximum absolute atomic E-state index is 8.85. The third kappa shape index (κ3) is 1.62. The number of nitrogens with zero attached hydrogens (tertiary/aromatic N) is 1. The molecule has 1 fully saturated rings. The highest BCUT2D eigenvalue weighted by molar-refractivity contribution is 8.10. The van der Waals surface area contributed by atoms with Gasteiger partial charge in [-0.25, -0.2) is 0 Å². The molecule has 1 N–H and O–H groups in total. The van der Waals surface area contributed by atoms with Crippen LogP contribution in [0.25, 0.3) is 0 Å². The van der Waals surface area contributed by atoms with Gasteiger partial charge in [-0.15, -0.1) is 12.6 Å². The van der Waals surface area contributed by atoms with Gasteiger partial charge in [-0.2, -0.15) is 0 Å². The molecule has 0 aliphatic carbocycles. The van der Waals surface area contributed by atoms with Crippen molar-refractivity contribution in [2.45, 2.75) is 18.9 Å². The molecule has 1 atom stereocenters. The molecule has 4 heteroatoms. The Morgan fingerprint density at radius 1 is 1.80 bits per heavy atom. The number of hydrogen-bond acceptors (Lipinski definition) is 2. The summed E-state index contributed by atoms with van der Waals surface area (Å²) in [5.74, 6) is 0. The second kappa shape index (κ2) is 3.55. The maximum atomic E-state index is 8.85. The van der Waals surface area contributed by atoms with E-state index in [9.17, 15) is 0 Å². The lowest BCUT2D eigenvalue weighted by atomic mass is 10.2. The fourth-order valence-corrected chi connectivity index (χ4v) is 1.78. The number of aliphatic hydroxyl groups is 1. The van der Waals surface area contributed by atoms with Crippen LogP contribution in [0.3, 0.4) is 0 Å². The molecule has 0 aromatic heterocycles. The predicted octanol–water partition coefficient (Wildman–Crippen LogP) is 0.658. The Morgan fingerprint density at radius 3 is 2.90 bits per heavy atom. The van der Waals surface area contributed by atoms with Crippen molar-refractivity contribution in [2.24, 2.45) is 0 Å². The fraction of sp³-hybridized carbons (Fsp3) is 0.833. The quantitative estimate of drug-likeness (QED) is 0.454. The molecule has 0 unspecified atom stereocenters. The second-order valence-electron chi connectivity index (χ2n) is 2.45. The minimum Gasteiger partial charge on any atom is -0.394 e. The van der Waals surface area contributed by atoms with Gasteiger partial charge >= 0.3 is 0 Å². The summed E-state index contributed by atoms with van der Waals surface area (Å²) in [6, 6.07) is 0.227. The van der Waals surface area contributed by atoms with Gasteiger partial charge in [0.25, 0.3) is 0 Å². The minimum absolute atomic E-state index is 0.195. The number of likely N-dealkylation sites (tertiary alicyclic amines) is 1. The number of hydrogen-bond donors (Lipinski definition) is 2. The Hall–Kier alpha value is 0.200. The van der Waals surface area contributed by atoms with Gasteiger partial charge in [0.05, 0.1) is 12.6 Å². The van der Waals surface area contributed by atoms with E-state index in [0.717, 1.165) is 19.4 Å². The third-order valence-electron chi connectivity index (χ3n) is 1.83. The van der Waals surface area contributed by atoms with Crippen LogP contribution >= 0.6 is 24.8 Å². The zero-order valence-electron chi connectivity index (χ0n) is 5.66. The summed E-state index contributed by atoms with van der Waals surface area (Å²) in [6.45, 7) is 1.15. The Kier molecular flexibility index (Phi) is 2.95. The molecule has 1 rings (SSSR count). The van der Waals surface area contributed by atoms with Gasteiger partial charge in [-0.3, -0.25) is 0 Å². The summed E-state index contributed by atoms with van der Waals surface area (Å²) in [7, 11) is 0. The molecule has 0 amide bonds. The van der Waals surface area contributed by atoms with E-state index in [2.05, 4.69) is 12.6 Å². The van der Waals surface area contributed by atoms with Crippen LogP contribution in [0, 0.1) is 0 Å². The highest BCUT2D eigenvalue weighted by atomic mass is 32.1. The van der Waals surface area contributed by atoms with Gasteiger partial charge in [0.2, 0.25) is 0 Å². The second-order valence-corrected chi connectivity index (χ2v) is 3.57. The smallest absolute Gasteiger partial charge is 0.133 e. The Labute approximate surface area is 71.6 Å². The predicted molar refractivity (Wildman–Crippen MR) is 48.4 cm³/mol. The first kappa shape index (κ1) is 8.30. The molecule has 0 radical (unpaired) electrons. The van der Waals surface area contributed by atoms with E-state index in [1.54, 1.807) is 0 Å². The number of aliphatic hydroxyl groups excluding tert-OH is 1. The number of thiol groups is 1. The third-order valence-corrected chi connectivity index (χ3v) is 2.32. The SMILES string of the molecule is OC[C@@H]1CCCN1C(=S)S. The van der Waals surface area contributed by atoms with Gasteiger partial charge in [-0.05, 0) is 12.8 Å². The van der Waals surface area contributed by atoms with Crippen LogP contribution in [0.2, 0.25) is 0 Å². The van der Waals surface area contributed by atoms with E-state index in [0.29, 0.717) is 4.32 Å². The molecule has 1 saturated heterocycles. The van der Waals surface area contributed by atoms with Crippen molar-refractivity contribution in [3.63, 3.8) is 0 Å². The minimum atomic E-state index is 0.195. The van der Waals surface area contributed by atoms with Crippen LogP contribution < -0.4 is 0 Å². The van der Waals surface area contributed by atoms with Crippen LogP contribution in [-0.4, -0.2) is 33.5 Å². The summed E-state index contributed by atoms with van der Waals surface area (Å²) < 4.78 is 0.608. The van der Waals surface area contributed by atoms with Crippen LogP contribution in [-0.2, 0) is 0 Å². The summed E-state index contributed by atoms with van der Waals surface area (Å²) in [5.41, 5.74) is 0. The van der Waals surface area contributed by atoms with Crippen molar-refractivity contribution in [1.29, 1.82) is 0 Å². The molecule has 58 valence electrons. The first-order valence-electron chi connectivity index (χ1n) is 3.36. The highest BCUT2D eigenvalue weighted by Gasteiger charge is 2.23. The molecule has 10 heavy (non-hydrogen) atoms. The van der Waals surface area contributed by atoms with Crippen LogP contribution in [0.4, 0.5) is 0 Å². The van der Waals surface area contributed by atoms with E-state index < -0.39 is 0 Å². The van der Waals surface area contributed by atoms with Gasteiger partial charge in [0.15, 0.2) is 0 Å². The largest absolute Gasteiger partial charge is 0.394 e. The molecule has 0 saturated carbocycles. The Balaban J connectivity index is 2.50. The summed E-state index contributed by atoms with van der Waals surface area (Å²) in [5, 5.41) is 8.85. The molecular weight excluding hydrogens is 166 g/mol. The van der Waals surface area contributed by atoms with Gasteiger partial charge in [-0.1, -0.05) is 12.2 Å². The lowest BCUT2D eigenvalue weighted by molar-refractivity contribution is 0.212. The molecule has 2 nitrogen and oxygen atoms in total. The monoisotopic (exact) mass is 177 g/mol. The maximum Gasteiger partial charge on any atom is 0.133 e. The first-order valence-corrected chi connectivity index (χ1v) is 4.21. The molecule has 0 aromatic rings. The average Bonchev–Trinajstić information content (AvgIpc) is 2.33. The summed E-state index contributed by atoms with van der Waals surface area (Å²) in [6.07, 6.45) is 2.16. The molecule has 1 aliphatic rings. The van der Waals surface area contributed by atoms with Crippen LogP contribution in [0.1, 0.15) is 12.8 Å². The van der Waals surface area contributed by atoms with Crippen LogP contribution in [0.15, 0.2) is 0 Å². The van der Waals surface area contributed by atoms with E-state index in [4.69, 9.17) is 17.3 Å². The molecule has 1 heterocycles. The molecular formula is C6H11NOS2. The van der Waals surface area contributed by atoms with E-state index >= 15 is 0 Å². The highest BCUT2D eigenvalue weighted by Crippen LogP contribution is 2.17. The van der Waals surface area contributed by atoms with Crippen LogP contribution in [0.5, 0.6) is 0 Å². The van der Waals surface area contributed by atoms with Gasteiger partial charge < -0.3 is 10.0 Å². The fourth-order valence-electron chi connectivity index (χ4n) is 1.28. The molecule has 0 aromatic carbocycles. The van der Waals surface area contributed by atoms with E-state index in [-0.39, 0.29) is 12.6 Å². The van der Waals surface area contributed by atoms with Gasteiger partial charge in [0, 0.05) is 6.54 Å². The van der Waals surface area contributed by atoms with E-state index in [1.807, 2.05) is 4.90 Å². The molecule has 0 bridgehead atoms. The zero-order chi connectivity index (χ0) is 7.56. The average molecular weight is 177 g/mol. The Bertz CT molecular complexity index is 140. The number of rotatable bonds is 1. The summed E-state index contributed by atoms with van der Waals surface area (Å²) >= 11 is 8.93. The van der Waals surface area contributed by atoms with Gasteiger partial charge in [0.1, 0.15) is 4.32 Å². The standard InChI is InChI=1S/C6H11NOS2/c8-4-5-2-1-3-7(5)6(9)10/h5,8H,1-4H2,(H,9,10)/t5-/m0/s1. The number of thiocarbonyl (C=S) groups is 1. The lowest BCUT2D eigenvalue weighted by Crippen LogP contribution is -2.33. The molecule has 0 spiro atoms. The van der Waals surface area contributed by atoms with Crippen molar-refractivity contribution in [1.82, 2.24) is 4.90 Å². The van der Waals surface area contributed by atoms with Crippen molar-refractivity contribution >= 4 is 29.2 Å². The summed E-state index contributed by atoms with van der Waals surface area (Å²) in [4.78, 5) is 1.97. The van der Waals surface area contributed by atoms with Crippen molar-refractivity contribution in [2.75, 3.05) is 13.2 Å². The first-order chi connectivity index (χ1) is 4.75. The van der Waals surface area contributed by atoms with Crippen molar-refractivity contribution < 1.29 is 5.11 Å². The normalized spacial score (nSPS) is 25.4. The van der Waals surface area contributed by atoms with Crippen molar-refractivity contribution in [3.05, 3.63) is 0 Å². The zero-order valence-corrected chi connectivity index (χ0v) is 7.37. The van der Waals surface area contributed by atoms with E-state index in [1.165, 1.54) is 0 Å². The molecule has 1 aliphatic heterocycles. The Morgan fingerprint density at radius 2 is 2.50 bits per heavy atom.